The summed E-state index contributed by atoms with van der Waals surface area (Å²) < 4.78 is 0. The maximum atomic E-state index is 8.57. The maximum absolute atomic E-state index is 8.57. The van der Waals surface area contributed by atoms with Crippen molar-refractivity contribution < 1.29 is 5.21 Å². The Morgan fingerprint density at radius 3 is 2.28 bits per heavy atom. The lowest BCUT2D eigenvalue weighted by Crippen LogP contribution is -2.28. The monoisotopic (exact) mass is 250 g/mol. The fraction of sp³-hybridized carbons (Fsp3) is 0.462. The Morgan fingerprint density at radius 1 is 1.17 bits per heavy atom. The normalized spacial score (nSPS) is 12.4. The van der Waals surface area contributed by atoms with Crippen molar-refractivity contribution in [2.45, 2.75) is 6.54 Å². The van der Waals surface area contributed by atoms with Gasteiger partial charge < -0.3 is 20.7 Å². The van der Waals surface area contributed by atoms with E-state index in [0.717, 1.165) is 25.2 Å². The second-order valence-corrected chi connectivity index (χ2v) is 4.72. The number of oxime groups is 1. The van der Waals surface area contributed by atoms with Crippen LogP contribution >= 0.6 is 0 Å². The molecule has 3 N–H and O–H groups in total. The number of nitrogens with zero attached hydrogens (tertiary/aromatic N) is 3. The van der Waals surface area contributed by atoms with Crippen molar-refractivity contribution >= 4 is 5.84 Å². The van der Waals surface area contributed by atoms with Crippen LogP contribution < -0.4 is 5.73 Å². The molecule has 5 heteroatoms. The van der Waals surface area contributed by atoms with Crippen molar-refractivity contribution in [3.8, 4) is 0 Å². The zero-order valence-corrected chi connectivity index (χ0v) is 11.3. The summed E-state index contributed by atoms with van der Waals surface area (Å²) in [6, 6.07) is 7.73. The minimum atomic E-state index is 0.141. The van der Waals surface area contributed by atoms with Crippen LogP contribution in [0, 0.1) is 0 Å². The van der Waals surface area contributed by atoms with Gasteiger partial charge in [0.1, 0.15) is 0 Å². The Labute approximate surface area is 108 Å². The lowest BCUT2D eigenvalue weighted by molar-refractivity contribution is 0.276. The number of hydrogen-bond donors (Lipinski definition) is 2. The van der Waals surface area contributed by atoms with Crippen LogP contribution in [0.25, 0.3) is 0 Å². The van der Waals surface area contributed by atoms with Crippen LogP contribution in [-0.2, 0) is 6.54 Å². The molecule has 0 atom stereocenters. The van der Waals surface area contributed by atoms with E-state index in [2.05, 4.69) is 36.1 Å². The number of amidine groups is 1. The van der Waals surface area contributed by atoms with Crippen molar-refractivity contribution in [2.24, 2.45) is 10.9 Å². The van der Waals surface area contributed by atoms with E-state index in [9.17, 15) is 0 Å². The van der Waals surface area contributed by atoms with Gasteiger partial charge in [-0.05, 0) is 26.7 Å². The molecule has 0 aliphatic carbocycles. The lowest BCUT2D eigenvalue weighted by atomic mass is 10.1. The second-order valence-electron chi connectivity index (χ2n) is 4.72. The maximum Gasteiger partial charge on any atom is 0.170 e. The number of benzene rings is 1. The van der Waals surface area contributed by atoms with Gasteiger partial charge in [0.05, 0.1) is 0 Å². The minimum Gasteiger partial charge on any atom is -0.409 e. The molecule has 0 saturated carbocycles. The van der Waals surface area contributed by atoms with Crippen LogP contribution in [0.1, 0.15) is 11.1 Å². The lowest BCUT2D eigenvalue weighted by Gasteiger charge is -2.19. The fourth-order valence-corrected chi connectivity index (χ4v) is 1.60. The molecule has 18 heavy (non-hydrogen) atoms. The summed E-state index contributed by atoms with van der Waals surface area (Å²) in [5.74, 6) is 0.141. The molecule has 0 aliphatic rings. The Hall–Kier alpha value is -1.59. The third-order valence-electron chi connectivity index (χ3n) is 2.74. The van der Waals surface area contributed by atoms with Gasteiger partial charge in [0.15, 0.2) is 5.84 Å². The standard InChI is InChI=1S/C13H22N4O/c1-16(2)8-9-17(3)10-11-4-6-12(7-5-11)13(14)15-18/h4-7,18H,8-10H2,1-3H3,(H2,14,15). The number of likely N-dealkylation sites (N-methyl/N-ethyl adjacent to an activating group) is 2. The first-order chi connectivity index (χ1) is 8.52. The summed E-state index contributed by atoms with van der Waals surface area (Å²) in [6.07, 6.45) is 0. The van der Waals surface area contributed by atoms with Crippen molar-refractivity contribution in [3.05, 3.63) is 35.4 Å². The zero-order valence-electron chi connectivity index (χ0n) is 11.3. The molecular formula is C13H22N4O. The second kappa shape index (κ2) is 6.98. The van der Waals surface area contributed by atoms with Crippen molar-refractivity contribution in [1.29, 1.82) is 0 Å². The number of hydrogen-bond acceptors (Lipinski definition) is 4. The van der Waals surface area contributed by atoms with Gasteiger partial charge >= 0.3 is 0 Å². The summed E-state index contributed by atoms with van der Waals surface area (Å²) in [6.45, 7) is 2.96. The SMILES string of the molecule is CN(C)CCN(C)Cc1ccc(C(N)=NO)cc1. The molecule has 0 fully saturated rings. The van der Waals surface area contributed by atoms with E-state index >= 15 is 0 Å². The van der Waals surface area contributed by atoms with Crippen LogP contribution in [0.5, 0.6) is 0 Å². The van der Waals surface area contributed by atoms with Gasteiger partial charge in [0, 0.05) is 25.2 Å². The van der Waals surface area contributed by atoms with Gasteiger partial charge in [-0.25, -0.2) is 0 Å². The molecule has 0 saturated heterocycles. The first kappa shape index (κ1) is 14.5. The molecule has 0 aromatic heterocycles. The first-order valence-electron chi connectivity index (χ1n) is 5.93. The topological polar surface area (TPSA) is 65.1 Å². The van der Waals surface area contributed by atoms with E-state index in [1.807, 2.05) is 24.3 Å². The van der Waals surface area contributed by atoms with E-state index in [1.165, 1.54) is 5.56 Å². The highest BCUT2D eigenvalue weighted by Gasteiger charge is 2.03. The molecular weight excluding hydrogens is 228 g/mol. The summed E-state index contributed by atoms with van der Waals surface area (Å²) in [5.41, 5.74) is 7.46. The molecule has 0 spiro atoms. The van der Waals surface area contributed by atoms with Gasteiger partial charge in [-0.2, -0.15) is 0 Å². The molecule has 0 bridgehead atoms. The van der Waals surface area contributed by atoms with E-state index in [0.29, 0.717) is 0 Å². The van der Waals surface area contributed by atoms with Crippen LogP contribution in [0.3, 0.4) is 0 Å². The predicted octanol–water partition coefficient (Wildman–Crippen LogP) is 0.775. The smallest absolute Gasteiger partial charge is 0.170 e. The Morgan fingerprint density at radius 2 is 1.78 bits per heavy atom. The summed E-state index contributed by atoms with van der Waals surface area (Å²) in [7, 11) is 6.24. The number of nitrogens with two attached hydrogens (primary N) is 1. The molecule has 5 nitrogen and oxygen atoms in total. The van der Waals surface area contributed by atoms with Gasteiger partial charge in [0.2, 0.25) is 0 Å². The largest absolute Gasteiger partial charge is 0.409 e. The highest BCUT2D eigenvalue weighted by molar-refractivity contribution is 5.96. The van der Waals surface area contributed by atoms with Crippen LogP contribution in [-0.4, -0.2) is 55.1 Å². The average Bonchev–Trinajstić information content (AvgIpc) is 2.36. The predicted molar refractivity (Wildman–Crippen MR) is 73.8 cm³/mol. The van der Waals surface area contributed by atoms with Crippen molar-refractivity contribution in [1.82, 2.24) is 9.80 Å². The molecule has 100 valence electrons. The fourth-order valence-electron chi connectivity index (χ4n) is 1.60. The van der Waals surface area contributed by atoms with Gasteiger partial charge in [-0.15, -0.1) is 0 Å². The summed E-state index contributed by atoms with van der Waals surface area (Å²) in [4.78, 5) is 4.43. The number of rotatable bonds is 6. The Kier molecular flexibility index (Phi) is 5.61. The molecule has 1 rings (SSSR count). The quantitative estimate of drug-likeness (QED) is 0.339. The molecule has 1 aromatic carbocycles. The van der Waals surface area contributed by atoms with E-state index in [-0.39, 0.29) is 5.84 Å². The molecule has 0 radical (unpaired) electrons. The van der Waals surface area contributed by atoms with Gasteiger partial charge in [-0.1, -0.05) is 29.4 Å². The third-order valence-corrected chi connectivity index (χ3v) is 2.74. The van der Waals surface area contributed by atoms with Gasteiger partial charge in [-0.3, -0.25) is 0 Å². The van der Waals surface area contributed by atoms with Crippen LogP contribution in [0.4, 0.5) is 0 Å². The highest BCUT2D eigenvalue weighted by atomic mass is 16.4. The molecule has 1 aromatic rings. The van der Waals surface area contributed by atoms with Crippen LogP contribution in [0.2, 0.25) is 0 Å². The Balaban J connectivity index is 2.53. The average molecular weight is 250 g/mol. The molecule has 0 heterocycles. The zero-order chi connectivity index (χ0) is 13.5. The van der Waals surface area contributed by atoms with E-state index < -0.39 is 0 Å². The van der Waals surface area contributed by atoms with Crippen molar-refractivity contribution in [2.75, 3.05) is 34.2 Å². The molecule has 0 aliphatic heterocycles. The summed E-state index contributed by atoms with van der Waals surface area (Å²) >= 11 is 0. The third kappa shape index (κ3) is 4.73. The first-order valence-corrected chi connectivity index (χ1v) is 5.93. The Bertz CT molecular complexity index is 386. The van der Waals surface area contributed by atoms with Gasteiger partial charge in [0.25, 0.3) is 0 Å². The minimum absolute atomic E-state index is 0.141. The molecule has 0 unspecified atom stereocenters. The van der Waals surface area contributed by atoms with Crippen molar-refractivity contribution in [3.63, 3.8) is 0 Å². The van der Waals surface area contributed by atoms with E-state index in [4.69, 9.17) is 10.9 Å². The van der Waals surface area contributed by atoms with Crippen LogP contribution in [0.15, 0.2) is 29.4 Å². The molecule has 0 amide bonds. The highest BCUT2D eigenvalue weighted by Crippen LogP contribution is 2.06. The van der Waals surface area contributed by atoms with E-state index in [1.54, 1.807) is 0 Å². The summed E-state index contributed by atoms with van der Waals surface area (Å²) in [5, 5.41) is 11.6.